The zero-order valence-corrected chi connectivity index (χ0v) is 42.1. The molecule has 6 rings (SSSR count). The molecule has 1 amide bonds. The molecule has 2 N–H and O–H groups in total. The molecule has 2 aromatic carbocycles. The SMILES string of the molecule is C/C=C(\C)C(=O)N[C@@H](c1ccccc1)[C@@H](O[Si](C)(C)C)C(=O)O[C@H]1C[C@]2(O)CC(=C1C)[C@@H](OC(C)=O)C(=O)[C@@]1(C)C([C@@H]2OC(=O)c2ccccc2)[C@]2(OC(C)=O)CO[C@@H]2C[C@@H]1O[Si](C)(C)C. The Morgan fingerprint density at radius 2 is 1.50 bits per heavy atom. The third-order valence-corrected chi connectivity index (χ3v) is 15.1. The molecule has 1 aliphatic heterocycles. The summed E-state index contributed by atoms with van der Waals surface area (Å²) in [5, 5.41) is 16.6. The van der Waals surface area contributed by atoms with E-state index in [-0.39, 0.29) is 30.6 Å². The molecular weight excluding hydrogens is 883 g/mol. The number of esters is 4. The predicted octanol–water partition coefficient (Wildman–Crippen LogP) is 6.47. The van der Waals surface area contributed by atoms with Crippen LogP contribution in [-0.2, 0) is 56.5 Å². The van der Waals surface area contributed by atoms with E-state index in [9.17, 15) is 24.3 Å². The van der Waals surface area contributed by atoms with E-state index in [1.807, 2.05) is 39.3 Å². The average molecular weight is 948 g/mol. The second kappa shape index (κ2) is 19.1. The fraction of sp³-hybridized carbons (Fsp3) is 0.551. The van der Waals surface area contributed by atoms with E-state index in [1.54, 1.807) is 94.4 Å². The lowest BCUT2D eigenvalue weighted by Crippen LogP contribution is -2.80. The van der Waals surface area contributed by atoms with Crippen LogP contribution in [0.1, 0.15) is 82.8 Å². The Bertz CT molecular complexity index is 2270. The highest BCUT2D eigenvalue weighted by atomic mass is 28.4. The number of carbonyl (C=O) groups is 6. The number of hydrogen-bond acceptors (Lipinski definition) is 14. The fourth-order valence-electron chi connectivity index (χ4n) is 10.0. The Kier molecular flexibility index (Phi) is 14.6. The van der Waals surface area contributed by atoms with Crippen molar-refractivity contribution in [2.75, 3.05) is 6.61 Å². The van der Waals surface area contributed by atoms with Crippen molar-refractivity contribution >= 4 is 52.2 Å². The zero-order valence-electron chi connectivity index (χ0n) is 40.1. The molecule has 0 spiro atoms. The van der Waals surface area contributed by atoms with E-state index in [1.165, 1.54) is 6.92 Å². The monoisotopic (exact) mass is 947 g/mol. The van der Waals surface area contributed by atoms with Gasteiger partial charge in [0.15, 0.2) is 40.2 Å². The molecule has 15 nitrogen and oxygen atoms in total. The van der Waals surface area contributed by atoms with Gasteiger partial charge in [-0.05, 0) is 95.8 Å². The van der Waals surface area contributed by atoms with Crippen LogP contribution in [0.15, 0.2) is 83.5 Å². The maximum Gasteiger partial charge on any atom is 0.338 e. The first-order chi connectivity index (χ1) is 30.7. The van der Waals surface area contributed by atoms with Crippen molar-refractivity contribution in [3.63, 3.8) is 0 Å². The van der Waals surface area contributed by atoms with Crippen LogP contribution >= 0.6 is 0 Å². The Morgan fingerprint density at radius 3 is 2.03 bits per heavy atom. The highest BCUT2D eigenvalue weighted by Crippen LogP contribution is 2.62. The topological polar surface area (TPSA) is 199 Å². The first kappa shape index (κ1) is 50.6. The fourth-order valence-corrected chi connectivity index (χ4v) is 12.2. The number of allylic oxidation sites excluding steroid dienone is 1. The largest absolute Gasteiger partial charge is 0.456 e. The number of benzene rings is 2. The van der Waals surface area contributed by atoms with Gasteiger partial charge in [-0.15, -0.1) is 0 Å². The van der Waals surface area contributed by atoms with Crippen molar-refractivity contribution in [1.82, 2.24) is 5.32 Å². The first-order valence-electron chi connectivity index (χ1n) is 22.5. The molecule has 17 heteroatoms. The van der Waals surface area contributed by atoms with Gasteiger partial charge < -0.3 is 43.0 Å². The second-order valence-corrected chi connectivity index (χ2v) is 29.1. The zero-order chi connectivity index (χ0) is 48.7. The quantitative estimate of drug-likeness (QED) is 0.0687. The maximum absolute atomic E-state index is 15.9. The molecule has 2 bridgehead atoms. The summed E-state index contributed by atoms with van der Waals surface area (Å²) in [7, 11) is -5.18. The van der Waals surface area contributed by atoms with Crippen LogP contribution < -0.4 is 5.32 Å². The number of nitrogens with one attached hydrogen (secondary N) is 1. The van der Waals surface area contributed by atoms with Gasteiger partial charge in [-0.25, -0.2) is 9.59 Å². The van der Waals surface area contributed by atoms with Gasteiger partial charge in [0.05, 0.1) is 35.6 Å². The lowest BCUT2D eigenvalue weighted by molar-refractivity contribution is -0.339. The molecule has 3 aliphatic carbocycles. The lowest BCUT2D eigenvalue weighted by atomic mass is 9.48. The predicted molar refractivity (Wildman–Crippen MR) is 247 cm³/mol. The van der Waals surface area contributed by atoms with Gasteiger partial charge in [0.25, 0.3) is 0 Å². The van der Waals surface area contributed by atoms with Gasteiger partial charge >= 0.3 is 23.9 Å². The van der Waals surface area contributed by atoms with Crippen molar-refractivity contribution < 1.29 is 66.4 Å². The van der Waals surface area contributed by atoms with Gasteiger partial charge in [-0.2, -0.15) is 0 Å². The van der Waals surface area contributed by atoms with Gasteiger partial charge in [-0.3, -0.25) is 19.2 Å². The third-order valence-electron chi connectivity index (χ3n) is 13.1. The van der Waals surface area contributed by atoms with E-state index in [2.05, 4.69) is 5.32 Å². The summed E-state index contributed by atoms with van der Waals surface area (Å²) < 4.78 is 44.8. The molecule has 4 aliphatic rings. The first-order valence-corrected chi connectivity index (χ1v) is 29.3. The summed E-state index contributed by atoms with van der Waals surface area (Å²) >= 11 is 0. The molecule has 3 fully saturated rings. The molecule has 1 heterocycles. The molecule has 2 aromatic rings. The number of fused-ring (bicyclic) bond motifs is 5. The minimum atomic E-state index is -2.63. The average Bonchev–Trinajstić information content (AvgIpc) is 3.23. The van der Waals surface area contributed by atoms with Crippen LogP contribution in [0.25, 0.3) is 0 Å². The molecule has 66 heavy (non-hydrogen) atoms. The molecule has 0 radical (unpaired) electrons. The van der Waals surface area contributed by atoms with Crippen molar-refractivity contribution in [2.24, 2.45) is 11.3 Å². The van der Waals surface area contributed by atoms with E-state index in [4.69, 9.17) is 32.5 Å². The summed E-state index contributed by atoms with van der Waals surface area (Å²) in [6.45, 7) is 20.3. The molecule has 1 unspecified atom stereocenters. The van der Waals surface area contributed by atoms with Crippen LogP contribution in [0.5, 0.6) is 0 Å². The Hall–Kier alpha value is -4.79. The van der Waals surface area contributed by atoms with Crippen molar-refractivity contribution in [1.29, 1.82) is 0 Å². The third kappa shape index (κ3) is 10.2. The number of carbonyl (C=O) groups excluding carboxylic acids is 6. The van der Waals surface area contributed by atoms with Crippen molar-refractivity contribution in [2.45, 2.75) is 154 Å². The Morgan fingerprint density at radius 1 is 0.879 bits per heavy atom. The summed E-state index contributed by atoms with van der Waals surface area (Å²) in [5.41, 5.74) is -4.05. The number of hydrogen-bond donors (Lipinski definition) is 2. The lowest BCUT2D eigenvalue weighted by Gasteiger charge is -2.66. The highest BCUT2D eigenvalue weighted by Gasteiger charge is 2.76. The second-order valence-electron chi connectivity index (χ2n) is 20.2. The molecule has 1 saturated heterocycles. The van der Waals surface area contributed by atoms with Gasteiger partial charge in [0, 0.05) is 38.7 Å². The summed E-state index contributed by atoms with van der Waals surface area (Å²) in [5.74, 6) is -5.68. The van der Waals surface area contributed by atoms with Gasteiger partial charge in [0.1, 0.15) is 23.9 Å². The van der Waals surface area contributed by atoms with E-state index in [0.29, 0.717) is 16.7 Å². The van der Waals surface area contributed by atoms with Crippen LogP contribution in [0.3, 0.4) is 0 Å². The van der Waals surface area contributed by atoms with Crippen LogP contribution in [-0.4, -0.2) is 112 Å². The Balaban J connectivity index is 1.58. The number of ketones is 1. The van der Waals surface area contributed by atoms with Crippen LogP contribution in [0.2, 0.25) is 39.3 Å². The minimum Gasteiger partial charge on any atom is -0.456 e. The number of aliphatic hydroxyl groups is 1. The normalized spacial score (nSPS) is 30.7. The number of amides is 1. The Labute approximate surface area is 389 Å². The molecule has 2 saturated carbocycles. The van der Waals surface area contributed by atoms with E-state index >= 15 is 9.59 Å². The number of rotatable bonds is 14. The molecule has 358 valence electrons. The molecule has 11 atom stereocenters. The summed E-state index contributed by atoms with van der Waals surface area (Å²) in [6.07, 6.45) is -6.91. The standard InChI is InChI=1S/C49H65NO14Si2/c1-13-28(2)44(54)50-38(32-20-16-14-17-21-32)40(64-66(10,11)12)46(56)60-35-26-48(57)25-34(29(35)3)39(59-30(4)51)42(53)47(6)36(63-65(7,8)9)24-37-49(27-58-37,62-31(5)52)41(47)43(48)61-45(55)33-22-18-15-19-23-33/h13-23,35-41,43,57H,24-27H2,1-12H3,(H,50,54)/b28-13+/t35-,36-,37+,38-,39+,40+,41?,43-,47+,48+,49-/m0/s1. The van der Waals surface area contributed by atoms with Gasteiger partial charge in [0.2, 0.25) is 5.91 Å². The van der Waals surface area contributed by atoms with Crippen molar-refractivity contribution in [3.05, 3.63) is 94.6 Å². The van der Waals surface area contributed by atoms with Crippen LogP contribution in [0.4, 0.5) is 0 Å². The summed E-state index contributed by atoms with van der Waals surface area (Å²) in [4.78, 5) is 85.3. The van der Waals surface area contributed by atoms with E-state index < -0.39 is 124 Å². The van der Waals surface area contributed by atoms with Gasteiger partial charge in [-0.1, -0.05) is 54.6 Å². The van der Waals surface area contributed by atoms with Crippen LogP contribution in [0, 0.1) is 11.3 Å². The number of Topliss-reactive ketones (excluding diaryl/α,β-unsaturated/α-hetero) is 1. The highest BCUT2D eigenvalue weighted by molar-refractivity contribution is 6.70. The number of ether oxygens (including phenoxy) is 5. The minimum absolute atomic E-state index is 0.0876. The smallest absolute Gasteiger partial charge is 0.338 e. The van der Waals surface area contributed by atoms with Crippen molar-refractivity contribution in [3.8, 4) is 0 Å². The molecular formula is C49H65NO14Si2. The van der Waals surface area contributed by atoms with E-state index in [0.717, 1.165) is 6.92 Å². The summed E-state index contributed by atoms with van der Waals surface area (Å²) in [6, 6.07) is 15.9. The maximum atomic E-state index is 15.9. The molecule has 0 aromatic heterocycles.